The Bertz CT molecular complexity index is 738. The van der Waals surface area contributed by atoms with Crippen LogP contribution in [0.3, 0.4) is 0 Å². The lowest BCUT2D eigenvalue weighted by Crippen LogP contribution is -2.35. The smallest absolute Gasteiger partial charge is 0.333 e. The zero-order valence-electron chi connectivity index (χ0n) is 15.2. The Morgan fingerprint density at radius 1 is 1.20 bits per heavy atom. The number of aryl methyl sites for hydroxylation is 1. The summed E-state index contributed by atoms with van der Waals surface area (Å²) in [7, 11) is 0. The third-order valence-electron chi connectivity index (χ3n) is 3.94. The van der Waals surface area contributed by atoms with Gasteiger partial charge in [0, 0.05) is 17.7 Å². The number of nitrogens with zero attached hydrogens (tertiary/aromatic N) is 2. The average Bonchev–Trinajstić information content (AvgIpc) is 2.88. The molecule has 0 saturated carbocycles. The van der Waals surface area contributed by atoms with Crippen LogP contribution in [0, 0.1) is 13.8 Å². The Hall–Kier alpha value is -2.63. The van der Waals surface area contributed by atoms with Gasteiger partial charge in [0.2, 0.25) is 5.91 Å². The van der Waals surface area contributed by atoms with Crippen LogP contribution in [0.5, 0.6) is 0 Å². The molecule has 1 amide bonds. The molecule has 2 aromatic rings. The Morgan fingerprint density at radius 3 is 2.48 bits per heavy atom. The van der Waals surface area contributed by atoms with Crippen molar-refractivity contribution in [2.75, 3.05) is 6.61 Å². The molecule has 0 bridgehead atoms. The van der Waals surface area contributed by atoms with Crippen LogP contribution >= 0.6 is 0 Å². The molecule has 1 heterocycles. The summed E-state index contributed by atoms with van der Waals surface area (Å²) in [5.74, 6) is -0.641. The first-order valence-electron chi connectivity index (χ1n) is 8.57. The van der Waals surface area contributed by atoms with Crippen LogP contribution < -0.4 is 5.32 Å². The van der Waals surface area contributed by atoms with Gasteiger partial charge in [0.05, 0.1) is 18.0 Å². The second kappa shape index (κ2) is 8.46. The Labute approximate surface area is 148 Å². The van der Waals surface area contributed by atoms with Crippen molar-refractivity contribution in [3.8, 4) is 5.69 Å². The zero-order valence-corrected chi connectivity index (χ0v) is 15.2. The monoisotopic (exact) mass is 343 g/mol. The molecule has 0 aliphatic carbocycles. The van der Waals surface area contributed by atoms with E-state index in [1.165, 1.54) is 0 Å². The summed E-state index contributed by atoms with van der Waals surface area (Å²) in [5.41, 5.74) is 3.08. The van der Waals surface area contributed by atoms with Gasteiger partial charge in [-0.2, -0.15) is 5.10 Å². The molecule has 2 rings (SSSR count). The number of amides is 1. The first-order valence-corrected chi connectivity index (χ1v) is 8.57. The number of hydrogen-bond acceptors (Lipinski definition) is 4. The summed E-state index contributed by atoms with van der Waals surface area (Å²) in [5, 5.41) is 7.35. The highest BCUT2D eigenvalue weighted by Gasteiger charge is 2.30. The fraction of sp³-hybridized carbons (Fsp3) is 0.421. The SMILES string of the molecule is CCCC(=O)N[C@H](C(=O)OCC)c1c(C)nn(-c2ccccc2)c1C. The third-order valence-corrected chi connectivity index (χ3v) is 3.94. The Balaban J connectivity index is 2.44. The van der Waals surface area contributed by atoms with Gasteiger partial charge in [-0.3, -0.25) is 4.79 Å². The number of esters is 1. The van der Waals surface area contributed by atoms with Gasteiger partial charge in [-0.15, -0.1) is 0 Å². The van der Waals surface area contributed by atoms with E-state index in [1.54, 1.807) is 11.6 Å². The maximum absolute atomic E-state index is 12.5. The molecule has 0 fully saturated rings. The van der Waals surface area contributed by atoms with Crippen LogP contribution in [0.2, 0.25) is 0 Å². The molecule has 1 aromatic carbocycles. The number of benzene rings is 1. The third kappa shape index (κ3) is 4.26. The second-order valence-corrected chi connectivity index (χ2v) is 5.83. The minimum Gasteiger partial charge on any atom is -0.464 e. The number of carbonyl (C=O) groups excluding carboxylic acids is 2. The lowest BCUT2D eigenvalue weighted by Gasteiger charge is -2.18. The molecule has 1 aromatic heterocycles. The van der Waals surface area contributed by atoms with Gasteiger partial charge in [-0.25, -0.2) is 9.48 Å². The topological polar surface area (TPSA) is 73.2 Å². The minimum absolute atomic E-state index is 0.174. The first-order chi connectivity index (χ1) is 12.0. The normalized spacial score (nSPS) is 11.8. The van der Waals surface area contributed by atoms with Gasteiger partial charge in [-0.05, 0) is 39.3 Å². The summed E-state index contributed by atoms with van der Waals surface area (Å²) in [6, 6.07) is 8.82. The van der Waals surface area contributed by atoms with Gasteiger partial charge in [0.15, 0.2) is 6.04 Å². The van der Waals surface area contributed by atoms with E-state index >= 15 is 0 Å². The molecule has 1 atom stereocenters. The van der Waals surface area contributed by atoms with Crippen LogP contribution in [0.15, 0.2) is 30.3 Å². The van der Waals surface area contributed by atoms with Gasteiger partial charge < -0.3 is 10.1 Å². The molecular weight excluding hydrogens is 318 g/mol. The predicted molar refractivity (Wildman–Crippen MR) is 95.5 cm³/mol. The highest BCUT2D eigenvalue weighted by atomic mass is 16.5. The molecule has 134 valence electrons. The van der Waals surface area contributed by atoms with E-state index in [-0.39, 0.29) is 12.5 Å². The maximum Gasteiger partial charge on any atom is 0.333 e. The molecule has 6 heteroatoms. The number of ether oxygens (including phenoxy) is 1. The van der Waals surface area contributed by atoms with E-state index in [0.717, 1.165) is 11.4 Å². The van der Waals surface area contributed by atoms with Crippen LogP contribution in [0.4, 0.5) is 0 Å². The standard InChI is InChI=1S/C19H25N3O3/c1-5-10-16(23)20-18(19(24)25-6-2)17-13(3)21-22(14(17)4)15-11-8-7-9-12-15/h7-9,11-12,18H,5-6,10H2,1-4H3,(H,20,23)/t18-/m0/s1. The Kier molecular flexibility index (Phi) is 6.33. The number of hydrogen-bond donors (Lipinski definition) is 1. The number of nitrogens with one attached hydrogen (secondary N) is 1. The largest absolute Gasteiger partial charge is 0.464 e. The zero-order chi connectivity index (χ0) is 18.4. The van der Waals surface area contributed by atoms with Gasteiger partial charge in [-0.1, -0.05) is 25.1 Å². The molecule has 0 spiro atoms. The summed E-state index contributed by atoms with van der Waals surface area (Å²) in [4.78, 5) is 24.5. The summed E-state index contributed by atoms with van der Waals surface area (Å²) < 4.78 is 6.95. The lowest BCUT2D eigenvalue weighted by molar-refractivity contribution is -0.147. The van der Waals surface area contributed by atoms with Crippen LogP contribution in [-0.2, 0) is 14.3 Å². The van der Waals surface area contributed by atoms with Crippen molar-refractivity contribution in [2.24, 2.45) is 0 Å². The molecule has 0 unspecified atom stereocenters. The predicted octanol–water partition coefficient (Wildman–Crippen LogP) is 3.01. The van der Waals surface area contributed by atoms with Crippen molar-refractivity contribution in [3.63, 3.8) is 0 Å². The molecule has 6 nitrogen and oxygen atoms in total. The number of aromatic nitrogens is 2. The maximum atomic E-state index is 12.5. The molecule has 0 radical (unpaired) electrons. The molecule has 25 heavy (non-hydrogen) atoms. The van der Waals surface area contributed by atoms with Crippen molar-refractivity contribution in [3.05, 3.63) is 47.3 Å². The van der Waals surface area contributed by atoms with Crippen molar-refractivity contribution in [1.82, 2.24) is 15.1 Å². The fourth-order valence-corrected chi connectivity index (χ4v) is 2.83. The van der Waals surface area contributed by atoms with Crippen molar-refractivity contribution < 1.29 is 14.3 Å². The first kappa shape index (κ1) is 18.7. The molecule has 0 aliphatic heterocycles. The number of rotatable bonds is 7. The van der Waals surface area contributed by atoms with E-state index in [0.29, 0.717) is 24.1 Å². The average molecular weight is 343 g/mol. The van der Waals surface area contributed by atoms with E-state index in [9.17, 15) is 9.59 Å². The van der Waals surface area contributed by atoms with Crippen LogP contribution in [0.1, 0.15) is 49.7 Å². The van der Waals surface area contributed by atoms with Crippen molar-refractivity contribution in [1.29, 1.82) is 0 Å². The van der Waals surface area contributed by atoms with E-state index in [4.69, 9.17) is 4.74 Å². The second-order valence-electron chi connectivity index (χ2n) is 5.83. The summed E-state index contributed by atoms with van der Waals surface area (Å²) >= 11 is 0. The number of para-hydroxylation sites is 1. The quantitative estimate of drug-likeness (QED) is 0.784. The summed E-state index contributed by atoms with van der Waals surface area (Å²) in [6.07, 6.45) is 1.07. The van der Waals surface area contributed by atoms with Gasteiger partial charge >= 0.3 is 5.97 Å². The van der Waals surface area contributed by atoms with Crippen molar-refractivity contribution >= 4 is 11.9 Å². The van der Waals surface area contributed by atoms with Gasteiger partial charge in [0.25, 0.3) is 0 Å². The summed E-state index contributed by atoms with van der Waals surface area (Å²) in [6.45, 7) is 7.64. The van der Waals surface area contributed by atoms with Crippen LogP contribution in [-0.4, -0.2) is 28.3 Å². The minimum atomic E-state index is -0.850. The van der Waals surface area contributed by atoms with E-state index in [2.05, 4.69) is 10.4 Å². The molecule has 1 N–H and O–H groups in total. The molecule has 0 saturated heterocycles. The molecular formula is C19H25N3O3. The number of carbonyl (C=O) groups is 2. The fourth-order valence-electron chi connectivity index (χ4n) is 2.83. The van der Waals surface area contributed by atoms with Crippen molar-refractivity contribution in [2.45, 2.75) is 46.6 Å². The highest BCUT2D eigenvalue weighted by molar-refractivity contribution is 5.86. The van der Waals surface area contributed by atoms with Gasteiger partial charge in [0.1, 0.15) is 0 Å². The van der Waals surface area contributed by atoms with Crippen LogP contribution in [0.25, 0.3) is 5.69 Å². The highest BCUT2D eigenvalue weighted by Crippen LogP contribution is 2.25. The lowest BCUT2D eigenvalue weighted by atomic mass is 10.0. The van der Waals surface area contributed by atoms with E-state index in [1.807, 2.05) is 51.1 Å². The molecule has 0 aliphatic rings. The Morgan fingerprint density at radius 2 is 1.88 bits per heavy atom. The van der Waals surface area contributed by atoms with E-state index < -0.39 is 12.0 Å².